The van der Waals surface area contributed by atoms with Crippen LogP contribution in [0.5, 0.6) is 0 Å². The van der Waals surface area contributed by atoms with Crippen LogP contribution in [0.4, 0.5) is 9.59 Å². The number of ether oxygens (including phenoxy) is 2. The predicted molar refractivity (Wildman–Crippen MR) is 122 cm³/mol. The molecule has 0 atom stereocenters. The summed E-state index contributed by atoms with van der Waals surface area (Å²) in [4.78, 5) is 51.1. The van der Waals surface area contributed by atoms with Crippen LogP contribution in [0, 0.1) is 0 Å². The summed E-state index contributed by atoms with van der Waals surface area (Å²) in [5.41, 5.74) is 0.0236. The van der Waals surface area contributed by atoms with E-state index >= 15 is 0 Å². The highest BCUT2D eigenvalue weighted by Crippen LogP contribution is 2.13. The molecule has 0 unspecified atom stereocenters. The molecule has 0 spiro atoms. The minimum absolute atomic E-state index is 0.0206. The zero-order valence-corrected chi connectivity index (χ0v) is 20.4. The van der Waals surface area contributed by atoms with E-state index in [1.807, 2.05) is 34.6 Å². The molecule has 0 rings (SSSR count). The van der Waals surface area contributed by atoms with Crippen LogP contribution in [0.2, 0.25) is 0 Å². The highest BCUT2D eigenvalue weighted by Gasteiger charge is 2.27. The van der Waals surface area contributed by atoms with Gasteiger partial charge in [-0.1, -0.05) is 13.2 Å². The van der Waals surface area contributed by atoms with Gasteiger partial charge in [-0.2, -0.15) is 0 Å². The van der Waals surface area contributed by atoms with Gasteiger partial charge in [-0.25, -0.2) is 19.2 Å². The van der Waals surface area contributed by atoms with Gasteiger partial charge in [0.15, 0.2) is 0 Å². The number of nitrogens with zero attached hydrogens (tertiary/aromatic N) is 2. The van der Waals surface area contributed by atoms with Gasteiger partial charge in [-0.3, -0.25) is 0 Å². The van der Waals surface area contributed by atoms with E-state index in [1.54, 1.807) is 13.8 Å². The molecule has 0 aliphatic carbocycles. The largest absolute Gasteiger partial charge is 0.460 e. The van der Waals surface area contributed by atoms with Crippen molar-refractivity contribution >= 4 is 24.0 Å². The van der Waals surface area contributed by atoms with Gasteiger partial charge in [-0.05, 0) is 48.5 Å². The third-order valence-electron chi connectivity index (χ3n) is 4.23. The molecular formula is C22H38N4O6. The lowest BCUT2D eigenvalue weighted by Crippen LogP contribution is -2.55. The van der Waals surface area contributed by atoms with E-state index in [1.165, 1.54) is 9.80 Å². The molecular weight excluding hydrogens is 416 g/mol. The maximum Gasteiger partial charge on any atom is 0.333 e. The van der Waals surface area contributed by atoms with Gasteiger partial charge in [0, 0.05) is 22.7 Å². The zero-order chi connectivity index (χ0) is 25.1. The summed E-state index contributed by atoms with van der Waals surface area (Å²) in [6, 6.07) is -0.983. The topological polar surface area (TPSA) is 117 Å². The van der Waals surface area contributed by atoms with Crippen LogP contribution in [0.25, 0.3) is 0 Å². The summed E-state index contributed by atoms with van der Waals surface area (Å²) in [6.07, 6.45) is 0. The van der Waals surface area contributed by atoms with Crippen molar-refractivity contribution in [1.29, 1.82) is 0 Å². The van der Waals surface area contributed by atoms with E-state index in [4.69, 9.17) is 9.47 Å². The summed E-state index contributed by atoms with van der Waals surface area (Å²) >= 11 is 0. The van der Waals surface area contributed by atoms with Crippen molar-refractivity contribution in [3.05, 3.63) is 24.3 Å². The van der Waals surface area contributed by atoms with E-state index < -0.39 is 29.5 Å². The Morgan fingerprint density at radius 2 is 1.28 bits per heavy atom. The van der Waals surface area contributed by atoms with Crippen LogP contribution in [-0.4, -0.2) is 78.4 Å². The fourth-order valence-electron chi connectivity index (χ4n) is 2.44. The van der Waals surface area contributed by atoms with E-state index in [-0.39, 0.29) is 50.2 Å². The first-order valence-electron chi connectivity index (χ1n) is 10.4. The number of rotatable bonds is 11. The van der Waals surface area contributed by atoms with Crippen LogP contribution in [-0.2, 0) is 19.1 Å². The summed E-state index contributed by atoms with van der Waals surface area (Å²) in [5, 5.41) is 5.26. The number of hydrogen-bond donors (Lipinski definition) is 2. The highest BCUT2D eigenvalue weighted by molar-refractivity contribution is 5.87. The zero-order valence-electron chi connectivity index (χ0n) is 20.4. The molecule has 0 aromatic carbocycles. The van der Waals surface area contributed by atoms with E-state index in [0.717, 1.165) is 0 Å². The van der Waals surface area contributed by atoms with Gasteiger partial charge >= 0.3 is 24.0 Å². The maximum absolute atomic E-state index is 12.6. The van der Waals surface area contributed by atoms with Gasteiger partial charge in [0.1, 0.15) is 13.2 Å². The number of hydrogen-bond acceptors (Lipinski definition) is 6. The SMILES string of the molecule is C=C(C)C(=O)OCCN(C(=O)NCNC(=O)N(CCOC(=O)C(=C)C)C(C)(C)C)C(C)C. The molecule has 0 bridgehead atoms. The molecule has 0 saturated heterocycles. The van der Waals surface area contributed by atoms with Crippen molar-refractivity contribution < 1.29 is 28.7 Å². The molecule has 2 N–H and O–H groups in total. The van der Waals surface area contributed by atoms with Crippen molar-refractivity contribution in [2.75, 3.05) is 33.0 Å². The third kappa shape index (κ3) is 10.8. The molecule has 4 amide bonds. The molecule has 0 aliphatic rings. The normalized spacial score (nSPS) is 10.8. The molecule has 10 heteroatoms. The molecule has 182 valence electrons. The van der Waals surface area contributed by atoms with Crippen molar-refractivity contribution in [2.45, 2.75) is 60.0 Å². The molecule has 0 radical (unpaired) electrons. The van der Waals surface area contributed by atoms with Crippen LogP contribution in [0.3, 0.4) is 0 Å². The lowest BCUT2D eigenvalue weighted by Gasteiger charge is -2.35. The first-order valence-corrected chi connectivity index (χ1v) is 10.4. The Morgan fingerprint density at radius 1 is 0.844 bits per heavy atom. The molecule has 0 fully saturated rings. The maximum atomic E-state index is 12.6. The first kappa shape index (κ1) is 29.0. The number of carbonyl (C=O) groups excluding carboxylic acids is 4. The van der Waals surface area contributed by atoms with E-state index in [2.05, 4.69) is 23.8 Å². The molecule has 0 heterocycles. The predicted octanol–water partition coefficient (Wildman–Crippen LogP) is 2.41. The van der Waals surface area contributed by atoms with Gasteiger partial charge in [-0.15, -0.1) is 0 Å². The Morgan fingerprint density at radius 3 is 1.69 bits per heavy atom. The molecule has 0 aromatic rings. The van der Waals surface area contributed by atoms with E-state index in [9.17, 15) is 19.2 Å². The lowest BCUT2D eigenvalue weighted by molar-refractivity contribution is -0.140. The first-order chi connectivity index (χ1) is 14.7. The summed E-state index contributed by atoms with van der Waals surface area (Å²) in [6.45, 7) is 19.6. The summed E-state index contributed by atoms with van der Waals surface area (Å²) in [5.74, 6) is -1.04. The second-order valence-electron chi connectivity index (χ2n) is 8.58. The van der Waals surface area contributed by atoms with Crippen LogP contribution < -0.4 is 10.6 Å². The number of amides is 4. The van der Waals surface area contributed by atoms with Crippen LogP contribution >= 0.6 is 0 Å². The van der Waals surface area contributed by atoms with Crippen molar-refractivity contribution in [3.63, 3.8) is 0 Å². The van der Waals surface area contributed by atoms with Gasteiger partial charge in [0.2, 0.25) is 0 Å². The Kier molecular flexibility index (Phi) is 12.1. The van der Waals surface area contributed by atoms with Gasteiger partial charge in [0.05, 0.1) is 19.8 Å². The molecule has 0 saturated carbocycles. The fourth-order valence-corrected chi connectivity index (χ4v) is 2.44. The molecule has 32 heavy (non-hydrogen) atoms. The highest BCUT2D eigenvalue weighted by atomic mass is 16.5. The molecule has 0 aliphatic heterocycles. The molecule has 0 aromatic heterocycles. The number of nitrogens with one attached hydrogen (secondary N) is 2. The number of carbonyl (C=O) groups is 4. The average molecular weight is 455 g/mol. The third-order valence-corrected chi connectivity index (χ3v) is 4.23. The lowest BCUT2D eigenvalue weighted by atomic mass is 10.1. The second kappa shape index (κ2) is 13.4. The standard InChI is InChI=1S/C22H38N4O6/c1-15(2)18(27)31-12-10-25(17(5)6)20(29)23-14-24-21(30)26(22(7,8)9)11-13-32-19(28)16(3)4/h17H,1,3,10-14H2,2,4-9H3,(H,23,29)(H,24,30). The number of esters is 2. The van der Waals surface area contributed by atoms with Crippen LogP contribution in [0.1, 0.15) is 48.5 Å². The monoisotopic (exact) mass is 454 g/mol. The Hall–Kier alpha value is -3.04. The van der Waals surface area contributed by atoms with Crippen LogP contribution in [0.15, 0.2) is 24.3 Å². The Balaban J connectivity index is 4.71. The Labute approximate surface area is 191 Å². The second-order valence-corrected chi connectivity index (χ2v) is 8.58. The molecule has 10 nitrogen and oxygen atoms in total. The Bertz CT molecular complexity index is 712. The minimum Gasteiger partial charge on any atom is -0.460 e. The smallest absolute Gasteiger partial charge is 0.333 e. The fraction of sp³-hybridized carbons (Fsp3) is 0.636. The van der Waals surface area contributed by atoms with Crippen molar-refractivity contribution in [1.82, 2.24) is 20.4 Å². The minimum atomic E-state index is -0.541. The van der Waals surface area contributed by atoms with Gasteiger partial charge < -0.3 is 29.9 Å². The quantitative estimate of drug-likeness (QED) is 0.281. The summed E-state index contributed by atoms with van der Waals surface area (Å²) < 4.78 is 10.1. The van der Waals surface area contributed by atoms with Gasteiger partial charge in [0.25, 0.3) is 0 Å². The number of urea groups is 2. The summed E-state index contributed by atoms with van der Waals surface area (Å²) in [7, 11) is 0. The average Bonchev–Trinajstić information content (AvgIpc) is 2.66. The van der Waals surface area contributed by atoms with Crippen molar-refractivity contribution in [2.24, 2.45) is 0 Å². The van der Waals surface area contributed by atoms with Crippen molar-refractivity contribution in [3.8, 4) is 0 Å². The van der Waals surface area contributed by atoms with E-state index in [0.29, 0.717) is 0 Å².